The highest BCUT2D eigenvalue weighted by molar-refractivity contribution is 7.91. The Labute approximate surface area is 128 Å². The summed E-state index contributed by atoms with van der Waals surface area (Å²) in [6.07, 6.45) is 2.96. The van der Waals surface area contributed by atoms with Gasteiger partial charge < -0.3 is 4.90 Å². The van der Waals surface area contributed by atoms with Crippen molar-refractivity contribution in [1.82, 2.24) is 4.90 Å². The lowest BCUT2D eigenvalue weighted by Gasteiger charge is -2.09. The van der Waals surface area contributed by atoms with Crippen LogP contribution in [0.25, 0.3) is 0 Å². The first-order valence-electron chi connectivity index (χ1n) is 7.37. The van der Waals surface area contributed by atoms with E-state index in [9.17, 15) is 13.2 Å². The van der Waals surface area contributed by atoms with E-state index in [0.29, 0.717) is 23.3 Å². The highest BCUT2D eigenvalue weighted by Crippen LogP contribution is 2.15. The topological polar surface area (TPSA) is 54.5 Å². The van der Waals surface area contributed by atoms with Crippen LogP contribution in [0.1, 0.15) is 43.0 Å². The number of carbonyl (C=O) groups is 1. The maximum absolute atomic E-state index is 12.2. The van der Waals surface area contributed by atoms with Gasteiger partial charge in [-0.2, -0.15) is 0 Å². The SMILES string of the molecule is CCCCC(=O)c1ccc(S(=O)(=O)CCCN(C)C)cc1. The molecule has 0 aliphatic heterocycles. The number of unbranched alkanes of at least 4 members (excludes halogenated alkanes) is 1. The summed E-state index contributed by atoms with van der Waals surface area (Å²) in [7, 11) is 0.587. The fourth-order valence-electron chi connectivity index (χ4n) is 2.02. The van der Waals surface area contributed by atoms with E-state index in [1.165, 1.54) is 0 Å². The minimum atomic E-state index is -3.25. The molecular formula is C16H25NO3S. The molecule has 0 atom stereocenters. The van der Waals surface area contributed by atoms with E-state index in [-0.39, 0.29) is 11.5 Å². The molecule has 0 unspecified atom stereocenters. The van der Waals surface area contributed by atoms with Crippen molar-refractivity contribution in [2.24, 2.45) is 0 Å². The number of sulfone groups is 1. The quantitative estimate of drug-likeness (QED) is 0.658. The lowest BCUT2D eigenvalue weighted by molar-refractivity contribution is 0.0979. The first-order valence-corrected chi connectivity index (χ1v) is 9.03. The highest BCUT2D eigenvalue weighted by atomic mass is 32.2. The summed E-state index contributed by atoms with van der Waals surface area (Å²) in [6.45, 7) is 2.78. The van der Waals surface area contributed by atoms with E-state index < -0.39 is 9.84 Å². The van der Waals surface area contributed by atoms with Crippen molar-refractivity contribution in [3.63, 3.8) is 0 Å². The molecule has 0 saturated heterocycles. The van der Waals surface area contributed by atoms with Gasteiger partial charge in [-0.05, 0) is 45.6 Å². The third-order valence-electron chi connectivity index (χ3n) is 3.31. The summed E-state index contributed by atoms with van der Waals surface area (Å²) in [5.74, 6) is 0.210. The summed E-state index contributed by atoms with van der Waals surface area (Å²) < 4.78 is 24.3. The number of carbonyl (C=O) groups excluding carboxylic acids is 1. The molecule has 1 aromatic rings. The zero-order chi connectivity index (χ0) is 15.9. The van der Waals surface area contributed by atoms with Crippen LogP contribution in [0, 0.1) is 0 Å². The molecule has 0 fully saturated rings. The van der Waals surface area contributed by atoms with Gasteiger partial charge in [0.05, 0.1) is 10.6 Å². The van der Waals surface area contributed by atoms with Gasteiger partial charge in [0, 0.05) is 12.0 Å². The smallest absolute Gasteiger partial charge is 0.178 e. The molecular weight excluding hydrogens is 286 g/mol. The molecule has 1 rings (SSSR count). The molecule has 21 heavy (non-hydrogen) atoms. The number of rotatable bonds is 9. The molecule has 0 heterocycles. The van der Waals surface area contributed by atoms with Crippen molar-refractivity contribution < 1.29 is 13.2 Å². The second kappa shape index (κ2) is 8.29. The molecule has 0 bridgehead atoms. The molecule has 0 aromatic heterocycles. The van der Waals surface area contributed by atoms with Gasteiger partial charge in [-0.3, -0.25) is 4.79 Å². The largest absolute Gasteiger partial charge is 0.309 e. The lowest BCUT2D eigenvalue weighted by atomic mass is 10.1. The van der Waals surface area contributed by atoms with Crippen LogP contribution >= 0.6 is 0 Å². The van der Waals surface area contributed by atoms with Gasteiger partial charge in [-0.25, -0.2) is 8.42 Å². The van der Waals surface area contributed by atoms with Crippen molar-refractivity contribution in [3.8, 4) is 0 Å². The average molecular weight is 311 g/mol. The normalized spacial score (nSPS) is 11.8. The van der Waals surface area contributed by atoms with Gasteiger partial charge in [0.2, 0.25) is 0 Å². The first-order chi connectivity index (χ1) is 9.86. The summed E-state index contributed by atoms with van der Waals surface area (Å²) in [4.78, 5) is 14.1. The van der Waals surface area contributed by atoms with Crippen LogP contribution in [-0.4, -0.2) is 45.5 Å². The molecule has 0 saturated carbocycles. The van der Waals surface area contributed by atoms with Crippen molar-refractivity contribution in [3.05, 3.63) is 29.8 Å². The van der Waals surface area contributed by atoms with Crippen LogP contribution < -0.4 is 0 Å². The van der Waals surface area contributed by atoms with Crippen molar-refractivity contribution >= 4 is 15.6 Å². The van der Waals surface area contributed by atoms with Crippen LogP contribution in [0.4, 0.5) is 0 Å². The summed E-state index contributed by atoms with van der Waals surface area (Å²) in [6, 6.07) is 6.34. The Bertz CT molecular complexity index is 547. The van der Waals surface area contributed by atoms with E-state index >= 15 is 0 Å². The molecule has 118 valence electrons. The van der Waals surface area contributed by atoms with Gasteiger partial charge >= 0.3 is 0 Å². The van der Waals surface area contributed by atoms with Crippen molar-refractivity contribution in [2.45, 2.75) is 37.5 Å². The summed E-state index contributed by atoms with van der Waals surface area (Å²) >= 11 is 0. The van der Waals surface area contributed by atoms with Crippen LogP contribution in [0.2, 0.25) is 0 Å². The van der Waals surface area contributed by atoms with E-state index in [1.807, 2.05) is 25.9 Å². The first kappa shape index (κ1) is 17.9. The number of ketones is 1. The van der Waals surface area contributed by atoms with Crippen LogP contribution in [0.3, 0.4) is 0 Å². The molecule has 0 N–H and O–H groups in total. The number of nitrogens with zero attached hydrogens (tertiary/aromatic N) is 1. The second-order valence-corrected chi connectivity index (χ2v) is 7.64. The van der Waals surface area contributed by atoms with Gasteiger partial charge in [-0.15, -0.1) is 0 Å². The minimum Gasteiger partial charge on any atom is -0.309 e. The Morgan fingerprint density at radius 2 is 1.71 bits per heavy atom. The van der Waals surface area contributed by atoms with E-state index in [4.69, 9.17) is 0 Å². The predicted octanol–water partition coefficient (Wildman–Crippen LogP) is 2.78. The van der Waals surface area contributed by atoms with Gasteiger partial charge in [-0.1, -0.05) is 25.5 Å². The number of hydrogen-bond donors (Lipinski definition) is 0. The number of benzene rings is 1. The van der Waals surface area contributed by atoms with Crippen molar-refractivity contribution in [2.75, 3.05) is 26.4 Å². The van der Waals surface area contributed by atoms with Gasteiger partial charge in [0.1, 0.15) is 0 Å². The van der Waals surface area contributed by atoms with E-state index in [2.05, 4.69) is 0 Å². The van der Waals surface area contributed by atoms with Crippen molar-refractivity contribution in [1.29, 1.82) is 0 Å². The zero-order valence-electron chi connectivity index (χ0n) is 13.1. The molecule has 4 nitrogen and oxygen atoms in total. The molecule has 0 aliphatic carbocycles. The molecule has 0 amide bonds. The Hall–Kier alpha value is -1.20. The third kappa shape index (κ3) is 5.98. The highest BCUT2D eigenvalue weighted by Gasteiger charge is 2.15. The predicted molar refractivity (Wildman–Crippen MR) is 85.5 cm³/mol. The number of Topliss-reactive ketones (excluding diaryl/α,β-unsaturated/α-hetero) is 1. The zero-order valence-corrected chi connectivity index (χ0v) is 13.9. The van der Waals surface area contributed by atoms with Crippen LogP contribution in [-0.2, 0) is 9.84 Å². The van der Waals surface area contributed by atoms with Crippen LogP contribution in [0.15, 0.2) is 29.2 Å². The standard InChI is InChI=1S/C16H25NO3S/c1-4-5-7-16(18)14-8-10-15(11-9-14)21(19,20)13-6-12-17(2)3/h8-11H,4-7,12-13H2,1-3H3. The van der Waals surface area contributed by atoms with E-state index in [0.717, 1.165) is 19.4 Å². The Morgan fingerprint density at radius 1 is 1.10 bits per heavy atom. The van der Waals surface area contributed by atoms with Gasteiger partial charge in [0.15, 0.2) is 15.6 Å². The van der Waals surface area contributed by atoms with Crippen LogP contribution in [0.5, 0.6) is 0 Å². The molecule has 1 aromatic carbocycles. The Morgan fingerprint density at radius 3 is 2.24 bits per heavy atom. The average Bonchev–Trinajstić information content (AvgIpc) is 2.44. The maximum Gasteiger partial charge on any atom is 0.178 e. The fraction of sp³-hybridized carbons (Fsp3) is 0.562. The van der Waals surface area contributed by atoms with E-state index in [1.54, 1.807) is 24.3 Å². The summed E-state index contributed by atoms with van der Waals surface area (Å²) in [5.41, 5.74) is 0.593. The molecule has 0 radical (unpaired) electrons. The second-order valence-electron chi connectivity index (χ2n) is 5.53. The molecule has 5 heteroatoms. The Balaban J connectivity index is 2.70. The third-order valence-corrected chi connectivity index (χ3v) is 5.13. The monoisotopic (exact) mass is 311 g/mol. The summed E-state index contributed by atoms with van der Waals surface area (Å²) in [5, 5.41) is 0. The lowest BCUT2D eigenvalue weighted by Crippen LogP contribution is -2.17. The molecule has 0 aliphatic rings. The molecule has 0 spiro atoms. The fourth-order valence-corrected chi connectivity index (χ4v) is 3.31. The Kier molecular flexibility index (Phi) is 7.05. The van der Waals surface area contributed by atoms with Gasteiger partial charge in [0.25, 0.3) is 0 Å². The number of hydrogen-bond acceptors (Lipinski definition) is 4. The minimum absolute atomic E-state index is 0.0772. The maximum atomic E-state index is 12.2.